The monoisotopic (exact) mass is 1090 g/mol. The molecule has 7 aromatic rings. The van der Waals surface area contributed by atoms with Crippen molar-refractivity contribution in [2.24, 2.45) is 0 Å². The number of halogens is 1. The normalized spacial score (nSPS) is 11.3. The zero-order valence-corrected chi connectivity index (χ0v) is 42.3. The number of aryl methyl sites for hydroxylation is 4. The zero-order valence-electron chi connectivity index (χ0n) is 39.0. The van der Waals surface area contributed by atoms with Crippen molar-refractivity contribution in [3.05, 3.63) is 163 Å². The molecule has 7 aromatic heterocycles. The van der Waals surface area contributed by atoms with Gasteiger partial charge in [-0.15, -0.1) is 0 Å². The molecule has 0 aliphatic heterocycles. The molecular formula is C52H64ClN9O3Os+. The van der Waals surface area contributed by atoms with Crippen LogP contribution in [-0.2, 0) is 35.5 Å². The van der Waals surface area contributed by atoms with E-state index in [4.69, 9.17) is 9.47 Å². The molecule has 7 rings (SSSR count). The number of ether oxygens (including phenoxy) is 2. The number of imidazole rings is 1. The number of rotatable bonds is 19. The second kappa shape index (κ2) is 30.3. The minimum atomic E-state index is 0.161. The van der Waals surface area contributed by atoms with Gasteiger partial charge in [-0.1, -0.05) is 13.8 Å². The van der Waals surface area contributed by atoms with Crippen LogP contribution in [0.4, 0.5) is 0 Å². The predicted molar refractivity (Wildman–Crippen MR) is 259 cm³/mol. The van der Waals surface area contributed by atoms with Crippen LogP contribution in [0.15, 0.2) is 141 Å². The predicted octanol–water partition coefficient (Wildman–Crippen LogP) is 10.6. The molecule has 0 fully saturated rings. The van der Waals surface area contributed by atoms with Gasteiger partial charge in [0.2, 0.25) is 5.91 Å². The van der Waals surface area contributed by atoms with Crippen molar-refractivity contribution in [1.29, 1.82) is 0 Å². The van der Waals surface area contributed by atoms with Crippen LogP contribution in [0.5, 0.6) is 11.5 Å². The number of pyridine rings is 6. The van der Waals surface area contributed by atoms with Gasteiger partial charge in [-0.25, -0.2) is 9.55 Å². The number of unbranched alkanes of at least 4 members (excludes halogenated alkanes) is 2. The van der Waals surface area contributed by atoms with Crippen LogP contribution in [0.2, 0.25) is 0 Å². The molecule has 349 valence electrons. The Morgan fingerprint density at radius 2 is 1.26 bits per heavy atom. The Bertz CT molecular complexity index is 2320. The van der Waals surface area contributed by atoms with E-state index < -0.39 is 0 Å². The van der Waals surface area contributed by atoms with Crippen LogP contribution in [0, 0.1) is 13.8 Å². The van der Waals surface area contributed by atoms with Crippen molar-refractivity contribution in [3.8, 4) is 34.3 Å². The molecule has 14 heteroatoms. The fourth-order valence-electron chi connectivity index (χ4n) is 7.15. The van der Waals surface area contributed by atoms with Crippen molar-refractivity contribution in [2.45, 2.75) is 97.6 Å². The van der Waals surface area contributed by atoms with Crippen LogP contribution >= 0.6 is 9.64 Å². The summed E-state index contributed by atoms with van der Waals surface area (Å²) in [5.41, 5.74) is 8.60. The van der Waals surface area contributed by atoms with E-state index in [1.807, 2.05) is 71.9 Å². The van der Waals surface area contributed by atoms with Crippen molar-refractivity contribution in [2.75, 3.05) is 20.8 Å². The summed E-state index contributed by atoms with van der Waals surface area (Å²) < 4.78 is 14.6. The van der Waals surface area contributed by atoms with Crippen LogP contribution in [0.25, 0.3) is 22.8 Å². The molecule has 1 amide bonds. The van der Waals surface area contributed by atoms with Crippen molar-refractivity contribution in [3.63, 3.8) is 0 Å². The first-order valence-corrected chi connectivity index (χ1v) is 25.5. The fraction of sp³-hybridized carbons (Fsp3) is 0.346. The number of amides is 1. The van der Waals surface area contributed by atoms with E-state index in [0.29, 0.717) is 18.3 Å². The summed E-state index contributed by atoms with van der Waals surface area (Å²) in [6.07, 6.45) is 27.7. The number of nitrogens with one attached hydrogen (secondary N) is 1. The van der Waals surface area contributed by atoms with Gasteiger partial charge in [0.1, 0.15) is 18.0 Å². The Hall–Kier alpha value is -5.89. The Balaban J connectivity index is 0.000000244. The van der Waals surface area contributed by atoms with Crippen molar-refractivity contribution < 1.29 is 36.4 Å². The third-order valence-electron chi connectivity index (χ3n) is 10.9. The van der Waals surface area contributed by atoms with Gasteiger partial charge in [0.25, 0.3) is 0 Å². The molecular weight excluding hydrogens is 1020 g/mol. The summed E-state index contributed by atoms with van der Waals surface area (Å²) in [5, 5.41) is 3.02. The third-order valence-corrected chi connectivity index (χ3v) is 10.9. The Labute approximate surface area is 405 Å². The van der Waals surface area contributed by atoms with Gasteiger partial charge in [-0.05, 0) is 129 Å². The molecule has 0 radical (unpaired) electrons. The maximum atomic E-state index is 12.0. The first-order valence-electron chi connectivity index (χ1n) is 22.4. The molecule has 0 aliphatic rings. The van der Waals surface area contributed by atoms with Crippen LogP contribution < -0.4 is 19.4 Å². The van der Waals surface area contributed by atoms with Crippen LogP contribution in [0.1, 0.15) is 92.9 Å². The molecule has 2 atom stereocenters. The number of methoxy groups -OCH3 is 2. The Morgan fingerprint density at radius 3 is 1.77 bits per heavy atom. The van der Waals surface area contributed by atoms with Gasteiger partial charge in [0.05, 0.1) is 43.3 Å². The van der Waals surface area contributed by atoms with Gasteiger partial charge >= 0.3 is 27.2 Å². The van der Waals surface area contributed by atoms with Gasteiger partial charge in [-0.3, -0.25) is 29.7 Å². The maximum absolute atomic E-state index is 12.0. The second-order valence-electron chi connectivity index (χ2n) is 15.8. The summed E-state index contributed by atoms with van der Waals surface area (Å²) >= 11 is 1.33. The third kappa shape index (κ3) is 18.9. The summed E-state index contributed by atoms with van der Waals surface area (Å²) in [5.74, 6) is 2.77. The first-order chi connectivity index (χ1) is 32.2. The zero-order chi connectivity index (χ0) is 47.4. The van der Waals surface area contributed by atoms with E-state index in [0.717, 1.165) is 92.4 Å². The second-order valence-corrected chi connectivity index (χ2v) is 15.8. The van der Waals surface area contributed by atoms with Crippen molar-refractivity contribution in [1.82, 2.24) is 39.8 Å². The molecule has 66 heavy (non-hydrogen) atoms. The van der Waals surface area contributed by atoms with E-state index in [9.17, 15) is 4.79 Å². The molecule has 12 nitrogen and oxygen atoms in total. The van der Waals surface area contributed by atoms with E-state index in [2.05, 4.69) is 114 Å². The Kier molecular flexibility index (Phi) is 24.2. The van der Waals surface area contributed by atoms with E-state index in [1.54, 1.807) is 51.3 Å². The quantitative estimate of drug-likeness (QED) is 0.0621. The minimum absolute atomic E-state index is 0.161. The SMILES string of the molecule is CCC(CC(C)c1cc[n+](CCCCCC(=O)NCCCn2ccnc2)cc1)c1ccncc1.COc1ccnc(-c2cc(OC)ccn2)c1.Cc1ccnc(-c2cc(C)ccn2)c1.[Cl][Os]. The topological polar surface area (TPSA) is 134 Å². The number of carbonyl (C=O) groups is 1. The summed E-state index contributed by atoms with van der Waals surface area (Å²) in [6.45, 7) is 11.3. The summed E-state index contributed by atoms with van der Waals surface area (Å²) in [4.78, 5) is 37.2. The average molecular weight is 1090 g/mol. The van der Waals surface area contributed by atoms with E-state index >= 15 is 0 Å². The van der Waals surface area contributed by atoms with Crippen LogP contribution in [0.3, 0.4) is 0 Å². The van der Waals surface area contributed by atoms with Gasteiger partial charge in [-0.2, -0.15) is 0 Å². The molecule has 1 N–H and O–H groups in total. The number of nitrogens with zero attached hydrogens (tertiary/aromatic N) is 8. The molecule has 2 unspecified atom stereocenters. The Morgan fingerprint density at radius 1 is 0.697 bits per heavy atom. The molecule has 0 saturated heterocycles. The number of aromatic nitrogens is 8. The standard InChI is InChI=1S/C28H39N5O.C12H12N2O2.C12H12N2.ClH.Os/c1-3-25(27-9-14-29-15-10-27)22-24(2)26-11-19-32(20-12-26)17-6-4-5-8-28(34)31-13-7-18-33-21-16-30-23-33;1-15-9-3-5-13-11(7-9)12-8-10(16-2)4-6-14-12;1-9-3-5-13-11(7-9)12-8-10(2)4-6-14-12;;/h9-12,14-16,19-21,23-25H,3-8,13,17-18,22H2,1-2H3;3-8H,1-2H3;3-8H,1-2H3;1H;/q;;;;+1. The molecule has 0 saturated carbocycles. The van der Waals surface area contributed by atoms with E-state index in [1.165, 1.54) is 39.9 Å². The van der Waals surface area contributed by atoms with Gasteiger partial charge in [0, 0.05) is 99.8 Å². The first kappa shape index (κ1) is 52.7. The molecule has 0 aromatic carbocycles. The molecule has 0 spiro atoms. The number of hydrogen-bond acceptors (Lipinski definition) is 9. The van der Waals surface area contributed by atoms with Crippen molar-refractivity contribution >= 4 is 15.5 Å². The number of carbonyl (C=O) groups excluding carboxylic acids is 1. The summed E-state index contributed by atoms with van der Waals surface area (Å²) in [6, 6.07) is 24.1. The fourth-order valence-corrected chi connectivity index (χ4v) is 7.15. The molecule has 0 aliphatic carbocycles. The van der Waals surface area contributed by atoms with Crippen LogP contribution in [-0.4, -0.2) is 61.1 Å². The number of hydrogen-bond donors (Lipinski definition) is 1. The summed E-state index contributed by atoms with van der Waals surface area (Å²) in [7, 11) is 7.91. The van der Waals surface area contributed by atoms with E-state index in [-0.39, 0.29) is 5.91 Å². The van der Waals surface area contributed by atoms with Gasteiger partial charge < -0.3 is 19.4 Å². The molecule has 0 bridgehead atoms. The molecule has 7 heterocycles. The average Bonchev–Trinajstić information content (AvgIpc) is 3.90. The van der Waals surface area contributed by atoms with Gasteiger partial charge in [0.15, 0.2) is 12.4 Å².